The second-order valence-electron chi connectivity index (χ2n) is 18.5. The van der Waals surface area contributed by atoms with Gasteiger partial charge >= 0.3 is 0 Å². The Hall–Kier alpha value is -3.30. The predicted octanol–water partition coefficient (Wildman–Crippen LogP) is 4.56. The average molecular weight is 824 g/mol. The van der Waals surface area contributed by atoms with E-state index in [0.717, 1.165) is 54.9 Å². The molecule has 2 saturated heterocycles. The van der Waals surface area contributed by atoms with Crippen molar-refractivity contribution in [2.45, 2.75) is 105 Å². The van der Waals surface area contributed by atoms with Crippen molar-refractivity contribution in [3.63, 3.8) is 0 Å². The molecule has 1 aliphatic carbocycles. The average Bonchev–Trinajstić information content (AvgIpc) is 3.58. The largest absolute Gasteiger partial charge is 0.496 e. The molecule has 9 atom stereocenters. The van der Waals surface area contributed by atoms with Crippen molar-refractivity contribution >= 4 is 17.5 Å². The number of amides is 2. The summed E-state index contributed by atoms with van der Waals surface area (Å²) in [5.74, 6) is 0.835. The van der Waals surface area contributed by atoms with Crippen LogP contribution in [0.15, 0.2) is 36.4 Å². The lowest BCUT2D eigenvalue weighted by atomic mass is 9.58. The number of methoxy groups -OCH3 is 1. The van der Waals surface area contributed by atoms with Crippen LogP contribution in [0.2, 0.25) is 0 Å². The molecule has 59 heavy (non-hydrogen) atoms. The number of carbonyl (C=O) groups is 2. The van der Waals surface area contributed by atoms with Crippen molar-refractivity contribution in [1.29, 1.82) is 0 Å². The number of hydroxylamine groups is 2. The molecule has 13 nitrogen and oxygen atoms in total. The fraction of sp³-hybridized carbons (Fsp3) is 0.696. The molecule has 13 heteroatoms. The van der Waals surface area contributed by atoms with Gasteiger partial charge < -0.3 is 40.3 Å². The number of rotatable bonds is 17. The van der Waals surface area contributed by atoms with Gasteiger partial charge in [0, 0.05) is 73.6 Å². The first kappa shape index (κ1) is 46.8. The van der Waals surface area contributed by atoms with Gasteiger partial charge in [0.15, 0.2) is 0 Å². The van der Waals surface area contributed by atoms with Gasteiger partial charge in [0.2, 0.25) is 5.91 Å². The van der Waals surface area contributed by atoms with Gasteiger partial charge in [-0.05, 0) is 72.6 Å². The molecule has 2 amide bonds. The van der Waals surface area contributed by atoms with Gasteiger partial charge in [-0.3, -0.25) is 19.3 Å². The molecule has 5 N–H and O–H groups in total. The van der Waals surface area contributed by atoms with Gasteiger partial charge in [0.1, 0.15) is 17.9 Å². The zero-order valence-corrected chi connectivity index (χ0v) is 37.2. The summed E-state index contributed by atoms with van der Waals surface area (Å²) < 4.78 is 11.7. The molecule has 2 aromatic rings. The highest BCUT2D eigenvalue weighted by molar-refractivity contribution is 5.97. The minimum Gasteiger partial charge on any atom is -0.496 e. The van der Waals surface area contributed by atoms with Gasteiger partial charge in [-0.25, -0.2) is 0 Å². The number of likely N-dealkylation sites (N-methyl/N-ethyl adjacent to an activating group) is 1. The monoisotopic (exact) mass is 824 g/mol. The summed E-state index contributed by atoms with van der Waals surface area (Å²) in [7, 11) is 3.48. The molecule has 330 valence electrons. The Bertz CT molecular complexity index is 1700. The number of hydrogen-bond acceptors (Lipinski definition) is 11. The van der Waals surface area contributed by atoms with E-state index in [0.29, 0.717) is 48.8 Å². The maximum atomic E-state index is 14.4. The maximum absolute atomic E-state index is 14.4. The van der Waals surface area contributed by atoms with Crippen molar-refractivity contribution in [2.24, 2.45) is 35.0 Å². The Balaban J connectivity index is 1.47. The number of benzene rings is 2. The van der Waals surface area contributed by atoms with E-state index in [1.807, 2.05) is 48.3 Å². The number of morpholine rings is 1. The number of nitrogens with zero attached hydrogens (tertiary/aromatic N) is 3. The SMILES string of the molecule is COc1c(CN2O[C@@H](CO)[C@@H]([C@H](C)O)[C@H]2C(=O)N[C@H]2C[C@@H](C)C(C)(C)[C@@H](C)[C@@H]2C)cccc1-c1cc(C(=O)N[C@@H](CC(C)C)CN2CCOCC2)cc(N(C)CCO)c1. The molecular weight excluding hydrogens is 751 g/mol. The van der Waals surface area contributed by atoms with Crippen molar-refractivity contribution in [3.8, 4) is 16.9 Å². The van der Waals surface area contributed by atoms with Crippen LogP contribution in [0.3, 0.4) is 0 Å². The first-order valence-corrected chi connectivity index (χ1v) is 21.8. The quantitative estimate of drug-likeness (QED) is 0.153. The van der Waals surface area contributed by atoms with Crippen LogP contribution < -0.4 is 20.3 Å². The lowest BCUT2D eigenvalue weighted by molar-refractivity contribution is -0.182. The highest BCUT2D eigenvalue weighted by Crippen LogP contribution is 2.48. The Morgan fingerprint density at radius 3 is 2.41 bits per heavy atom. The zero-order chi connectivity index (χ0) is 43.2. The molecule has 2 aromatic carbocycles. The van der Waals surface area contributed by atoms with Crippen molar-refractivity contribution in [1.82, 2.24) is 20.6 Å². The molecule has 3 aliphatic rings. The van der Waals surface area contributed by atoms with Gasteiger partial charge in [-0.1, -0.05) is 66.7 Å². The molecule has 3 fully saturated rings. The van der Waals surface area contributed by atoms with Gasteiger partial charge in [-0.15, -0.1) is 0 Å². The van der Waals surface area contributed by atoms with Crippen LogP contribution in [-0.2, 0) is 20.9 Å². The minimum atomic E-state index is -0.932. The number of para-hydroxylation sites is 1. The summed E-state index contributed by atoms with van der Waals surface area (Å²) in [5.41, 5.74) is 3.58. The summed E-state index contributed by atoms with van der Waals surface area (Å²) in [6, 6.07) is 10.5. The van der Waals surface area contributed by atoms with Crippen molar-refractivity contribution in [2.75, 3.05) is 71.7 Å². The van der Waals surface area contributed by atoms with Gasteiger partial charge in [-0.2, -0.15) is 5.06 Å². The molecule has 2 heterocycles. The van der Waals surface area contributed by atoms with Crippen molar-refractivity contribution in [3.05, 3.63) is 47.5 Å². The van der Waals surface area contributed by atoms with E-state index in [1.54, 1.807) is 19.1 Å². The first-order chi connectivity index (χ1) is 28.0. The second kappa shape index (κ2) is 20.5. The fourth-order valence-electron chi connectivity index (χ4n) is 9.56. The number of ether oxygens (including phenoxy) is 2. The fourth-order valence-corrected chi connectivity index (χ4v) is 9.56. The number of hydrogen-bond donors (Lipinski definition) is 5. The third-order valence-electron chi connectivity index (χ3n) is 13.9. The smallest absolute Gasteiger partial charge is 0.251 e. The molecule has 1 saturated carbocycles. The van der Waals surface area contributed by atoms with Crippen LogP contribution in [0.4, 0.5) is 5.69 Å². The Labute approximate surface area is 352 Å². The third-order valence-corrected chi connectivity index (χ3v) is 13.9. The lowest BCUT2D eigenvalue weighted by Crippen LogP contribution is -2.56. The van der Waals surface area contributed by atoms with E-state index >= 15 is 0 Å². The molecule has 0 unspecified atom stereocenters. The summed E-state index contributed by atoms with van der Waals surface area (Å²) >= 11 is 0. The standard InChI is InChI=1S/C46H73N5O8/c1-28(2)20-36(26-50-15-18-58-19-16-50)47-44(55)35-22-34(23-37(24-35)49(9)14-17-52)38-13-11-12-33(43(38)57-10)25-51-42(41(32(6)54)40(27-53)59-51)45(56)48-39-21-29(3)46(7,8)31(5)30(39)4/h11-13,22-24,28-32,36,39-42,52-54H,14-21,25-27H2,1-10H3,(H,47,55)(H,48,56)/t29-,30+,31+,32+,36+,39+,40+,41-,42+/m1/s1. The number of anilines is 1. The molecule has 2 aliphatic heterocycles. The third kappa shape index (κ3) is 11.0. The van der Waals surface area contributed by atoms with Crippen LogP contribution in [0, 0.1) is 35.0 Å². The highest BCUT2D eigenvalue weighted by Gasteiger charge is 2.51. The number of aliphatic hydroxyl groups is 3. The maximum Gasteiger partial charge on any atom is 0.251 e. The summed E-state index contributed by atoms with van der Waals surface area (Å²) in [4.78, 5) is 39.2. The van der Waals surface area contributed by atoms with E-state index in [2.05, 4.69) is 64.0 Å². The molecular formula is C46H73N5O8. The second-order valence-corrected chi connectivity index (χ2v) is 18.5. The van der Waals surface area contributed by atoms with Crippen LogP contribution in [0.5, 0.6) is 5.75 Å². The molecule has 0 spiro atoms. The zero-order valence-electron chi connectivity index (χ0n) is 37.2. The molecule has 0 aromatic heterocycles. The Morgan fingerprint density at radius 1 is 1.07 bits per heavy atom. The van der Waals surface area contributed by atoms with E-state index in [-0.39, 0.29) is 55.0 Å². The van der Waals surface area contributed by atoms with Gasteiger partial charge in [0.25, 0.3) is 5.91 Å². The Morgan fingerprint density at radius 2 is 1.78 bits per heavy atom. The van der Waals surface area contributed by atoms with E-state index < -0.39 is 24.2 Å². The minimum absolute atomic E-state index is 0.0503. The summed E-state index contributed by atoms with van der Waals surface area (Å²) in [6.45, 7) is 21.1. The van der Waals surface area contributed by atoms with Crippen molar-refractivity contribution < 1.29 is 39.2 Å². The summed E-state index contributed by atoms with van der Waals surface area (Å²) in [6.07, 6.45) is -0.0478. The van der Waals surface area contributed by atoms with E-state index in [4.69, 9.17) is 14.3 Å². The van der Waals surface area contributed by atoms with Crippen LogP contribution in [0.25, 0.3) is 11.1 Å². The molecule has 0 radical (unpaired) electrons. The molecule has 0 bridgehead atoms. The van der Waals surface area contributed by atoms with Gasteiger partial charge in [0.05, 0.1) is 46.2 Å². The van der Waals surface area contributed by atoms with E-state index in [9.17, 15) is 24.9 Å². The van der Waals surface area contributed by atoms with Crippen LogP contribution in [-0.4, -0.2) is 134 Å². The van der Waals surface area contributed by atoms with Crippen LogP contribution >= 0.6 is 0 Å². The van der Waals surface area contributed by atoms with E-state index in [1.165, 1.54) is 0 Å². The first-order valence-electron chi connectivity index (χ1n) is 21.8. The lowest BCUT2D eigenvalue weighted by Gasteiger charge is -2.50. The predicted molar refractivity (Wildman–Crippen MR) is 231 cm³/mol. The number of carbonyl (C=O) groups excluding carboxylic acids is 2. The topological polar surface area (TPSA) is 156 Å². The summed E-state index contributed by atoms with van der Waals surface area (Å²) in [5, 5.41) is 39.6. The number of nitrogens with one attached hydrogen (secondary N) is 2. The normalized spacial score (nSPS) is 27.3. The Kier molecular flexibility index (Phi) is 16.3. The van der Waals surface area contributed by atoms with Crippen LogP contribution in [0.1, 0.15) is 84.2 Å². The molecule has 5 rings (SSSR count). The highest BCUT2D eigenvalue weighted by atomic mass is 16.7. The number of aliphatic hydroxyl groups excluding tert-OH is 3.